The molecule has 0 aliphatic carbocycles. The lowest BCUT2D eigenvalue weighted by Gasteiger charge is -2.32. The van der Waals surface area contributed by atoms with E-state index in [4.69, 9.17) is 10.5 Å². The molecule has 0 radical (unpaired) electrons. The van der Waals surface area contributed by atoms with Gasteiger partial charge >= 0.3 is 0 Å². The molecule has 4 rings (SSSR count). The fraction of sp³-hybridized carbons (Fsp3) is 0.292. The van der Waals surface area contributed by atoms with Gasteiger partial charge in [0.1, 0.15) is 16.4 Å². The first-order chi connectivity index (χ1) is 15.5. The average molecular weight is 451 g/mol. The van der Waals surface area contributed by atoms with Gasteiger partial charge in [0.15, 0.2) is 0 Å². The molecule has 0 spiro atoms. The topological polar surface area (TPSA) is 97.5 Å². The van der Waals surface area contributed by atoms with Crippen molar-refractivity contribution in [1.29, 1.82) is 0 Å². The molecule has 3 N–H and O–H groups in total. The number of piperidine rings is 1. The molecule has 1 aliphatic rings. The molecule has 166 valence electrons. The third-order valence-corrected chi connectivity index (χ3v) is 6.58. The summed E-state index contributed by atoms with van der Waals surface area (Å²) in [6.07, 6.45) is 3.34. The van der Waals surface area contributed by atoms with Crippen molar-refractivity contribution < 1.29 is 14.3 Å². The predicted octanol–water partition coefficient (Wildman–Crippen LogP) is 4.16. The minimum absolute atomic E-state index is 0.153. The number of anilines is 2. The highest BCUT2D eigenvalue weighted by Gasteiger charge is 2.25. The van der Waals surface area contributed by atoms with Gasteiger partial charge in [0.05, 0.1) is 24.4 Å². The largest absolute Gasteiger partial charge is 0.492 e. The van der Waals surface area contributed by atoms with E-state index in [0.29, 0.717) is 29.5 Å². The normalized spacial score (nSPS) is 15.9. The summed E-state index contributed by atoms with van der Waals surface area (Å²) in [4.78, 5) is 32.6. The molecular formula is C24H26N4O3S. The molecule has 3 aromatic rings. The molecule has 0 bridgehead atoms. The van der Waals surface area contributed by atoms with E-state index in [1.807, 2.05) is 55.5 Å². The second kappa shape index (κ2) is 9.82. The van der Waals surface area contributed by atoms with Crippen molar-refractivity contribution in [1.82, 2.24) is 4.98 Å². The van der Waals surface area contributed by atoms with Crippen LogP contribution in [0, 0.1) is 5.92 Å². The second-order valence-electron chi connectivity index (χ2n) is 7.65. The van der Waals surface area contributed by atoms with Crippen LogP contribution in [-0.4, -0.2) is 36.5 Å². The molecule has 2 aromatic heterocycles. The van der Waals surface area contributed by atoms with Gasteiger partial charge in [-0.2, -0.15) is 0 Å². The number of nitrogens with zero attached hydrogens (tertiary/aromatic N) is 2. The molecule has 7 nitrogen and oxygen atoms in total. The lowest BCUT2D eigenvalue weighted by Crippen LogP contribution is -2.41. The summed E-state index contributed by atoms with van der Waals surface area (Å²) >= 11 is 1.40. The molecule has 3 heterocycles. The number of primary amides is 1. The van der Waals surface area contributed by atoms with Gasteiger partial charge in [-0.3, -0.25) is 9.59 Å². The highest BCUT2D eigenvalue weighted by Crippen LogP contribution is 2.37. The Morgan fingerprint density at radius 1 is 1.25 bits per heavy atom. The minimum atomic E-state index is -0.269. The van der Waals surface area contributed by atoms with Crippen LogP contribution >= 0.6 is 11.3 Å². The summed E-state index contributed by atoms with van der Waals surface area (Å²) in [5, 5.41) is 2.92. The number of carbonyl (C=O) groups is 2. The average Bonchev–Trinajstić information content (AvgIpc) is 3.25. The second-order valence-corrected chi connectivity index (χ2v) is 8.70. The molecule has 2 amide bonds. The summed E-state index contributed by atoms with van der Waals surface area (Å²) in [6.45, 7) is 3.78. The summed E-state index contributed by atoms with van der Waals surface area (Å²) in [5.41, 5.74) is 7.11. The van der Waals surface area contributed by atoms with Crippen LogP contribution in [0.15, 0.2) is 54.7 Å². The van der Waals surface area contributed by atoms with Gasteiger partial charge in [-0.1, -0.05) is 30.3 Å². The highest BCUT2D eigenvalue weighted by atomic mass is 32.1. The van der Waals surface area contributed by atoms with Crippen LogP contribution < -0.4 is 20.7 Å². The van der Waals surface area contributed by atoms with Crippen LogP contribution in [0.1, 0.15) is 29.4 Å². The first kappa shape index (κ1) is 21.8. The Morgan fingerprint density at radius 3 is 2.75 bits per heavy atom. The van der Waals surface area contributed by atoms with Gasteiger partial charge in [-0.25, -0.2) is 4.98 Å². The van der Waals surface area contributed by atoms with Crippen molar-refractivity contribution in [3.05, 3.63) is 59.6 Å². The van der Waals surface area contributed by atoms with Gasteiger partial charge in [-0.15, -0.1) is 11.3 Å². The summed E-state index contributed by atoms with van der Waals surface area (Å²) in [7, 11) is 0. The van der Waals surface area contributed by atoms with Crippen LogP contribution in [0.3, 0.4) is 0 Å². The minimum Gasteiger partial charge on any atom is -0.492 e. The number of carbonyl (C=O) groups excluding carboxylic acids is 2. The Balaban J connectivity index is 1.48. The third-order valence-electron chi connectivity index (χ3n) is 5.42. The molecule has 1 atom stereocenters. The number of thiophene rings is 1. The maximum atomic E-state index is 13.0. The molecular weight excluding hydrogens is 424 g/mol. The number of hydrogen-bond acceptors (Lipinski definition) is 6. The van der Waals surface area contributed by atoms with Crippen molar-refractivity contribution in [2.45, 2.75) is 19.8 Å². The Bertz CT molecular complexity index is 1080. The van der Waals surface area contributed by atoms with Gasteiger partial charge in [0, 0.05) is 18.0 Å². The standard InChI is InChI=1S/C24H26N4O3S/c1-2-31-19-13-20(16-7-4-3-5-8-16)32-22(19)24(30)27-18-10-11-21(26-14-18)28-12-6-9-17(15-28)23(25)29/h3-5,7-8,10-11,13-14,17H,2,6,9,12,15H2,1H3,(H2,25,29)(H,27,30). The lowest BCUT2D eigenvalue weighted by molar-refractivity contribution is -0.122. The number of amides is 2. The van der Waals surface area contributed by atoms with Gasteiger partial charge in [0.2, 0.25) is 5.91 Å². The molecule has 0 saturated carbocycles. The van der Waals surface area contributed by atoms with Crippen LogP contribution in [0.25, 0.3) is 10.4 Å². The number of pyridine rings is 1. The van der Waals surface area contributed by atoms with E-state index < -0.39 is 0 Å². The van der Waals surface area contributed by atoms with Crippen LogP contribution in [0.2, 0.25) is 0 Å². The van der Waals surface area contributed by atoms with E-state index in [2.05, 4.69) is 15.2 Å². The first-order valence-electron chi connectivity index (χ1n) is 10.7. The summed E-state index contributed by atoms with van der Waals surface area (Å²) < 4.78 is 5.72. The molecule has 1 aliphatic heterocycles. The molecule has 1 unspecified atom stereocenters. The number of aromatic nitrogens is 1. The van der Waals surface area contributed by atoms with E-state index in [9.17, 15) is 9.59 Å². The highest BCUT2D eigenvalue weighted by molar-refractivity contribution is 7.17. The zero-order chi connectivity index (χ0) is 22.5. The molecule has 1 saturated heterocycles. The van der Waals surface area contributed by atoms with E-state index in [-0.39, 0.29) is 17.7 Å². The quantitative estimate of drug-likeness (QED) is 0.563. The van der Waals surface area contributed by atoms with Gasteiger partial charge in [-0.05, 0) is 43.5 Å². The zero-order valence-corrected chi connectivity index (χ0v) is 18.7. The fourth-order valence-electron chi connectivity index (χ4n) is 3.79. The number of rotatable bonds is 7. The van der Waals surface area contributed by atoms with Crippen LogP contribution in [-0.2, 0) is 4.79 Å². The van der Waals surface area contributed by atoms with E-state index >= 15 is 0 Å². The number of nitrogens with one attached hydrogen (secondary N) is 1. The Hall–Kier alpha value is -3.39. The first-order valence-corrected chi connectivity index (χ1v) is 11.5. The van der Waals surface area contributed by atoms with Crippen molar-refractivity contribution in [3.8, 4) is 16.2 Å². The van der Waals surface area contributed by atoms with Crippen molar-refractivity contribution >= 4 is 34.7 Å². The SMILES string of the molecule is CCOc1cc(-c2ccccc2)sc1C(=O)Nc1ccc(N2CCCC(C(N)=O)C2)nc1. The Kier molecular flexibility index (Phi) is 6.70. The number of nitrogens with two attached hydrogens (primary N) is 1. The van der Waals surface area contributed by atoms with Gasteiger partial charge < -0.3 is 20.7 Å². The van der Waals surface area contributed by atoms with Crippen molar-refractivity contribution in [2.75, 3.05) is 29.9 Å². The van der Waals surface area contributed by atoms with E-state index in [1.54, 1.807) is 6.20 Å². The molecule has 1 aromatic carbocycles. The van der Waals surface area contributed by atoms with Crippen LogP contribution in [0.4, 0.5) is 11.5 Å². The molecule has 32 heavy (non-hydrogen) atoms. The number of benzene rings is 1. The fourth-order valence-corrected chi connectivity index (χ4v) is 4.79. The maximum Gasteiger partial charge on any atom is 0.269 e. The molecule has 8 heteroatoms. The Labute approximate surface area is 191 Å². The molecule has 1 fully saturated rings. The van der Waals surface area contributed by atoms with E-state index in [1.165, 1.54) is 11.3 Å². The number of ether oxygens (including phenoxy) is 1. The lowest BCUT2D eigenvalue weighted by atomic mass is 9.97. The zero-order valence-electron chi connectivity index (χ0n) is 17.9. The van der Waals surface area contributed by atoms with Crippen LogP contribution in [0.5, 0.6) is 5.75 Å². The van der Waals surface area contributed by atoms with Gasteiger partial charge in [0.25, 0.3) is 5.91 Å². The smallest absolute Gasteiger partial charge is 0.269 e. The van der Waals surface area contributed by atoms with Crippen molar-refractivity contribution in [2.24, 2.45) is 11.7 Å². The monoisotopic (exact) mass is 450 g/mol. The Morgan fingerprint density at radius 2 is 2.06 bits per heavy atom. The summed E-state index contributed by atoms with van der Waals surface area (Å²) in [5.74, 6) is 0.687. The maximum absolute atomic E-state index is 13.0. The third kappa shape index (κ3) is 4.91. The van der Waals surface area contributed by atoms with E-state index in [0.717, 1.165) is 35.6 Å². The predicted molar refractivity (Wildman–Crippen MR) is 127 cm³/mol. The van der Waals surface area contributed by atoms with Crippen molar-refractivity contribution in [3.63, 3.8) is 0 Å². The number of hydrogen-bond donors (Lipinski definition) is 2. The summed E-state index contributed by atoms with van der Waals surface area (Å²) in [6, 6.07) is 15.5.